The molecule has 1 aromatic heterocycles. The lowest BCUT2D eigenvalue weighted by atomic mass is 9.82. The van der Waals surface area contributed by atoms with Gasteiger partial charge >= 0.3 is 0 Å². The number of fused-ring (bicyclic) bond motifs is 1. The lowest BCUT2D eigenvalue weighted by Crippen LogP contribution is -2.48. The molecule has 0 spiro atoms. The van der Waals surface area contributed by atoms with Crippen molar-refractivity contribution in [1.29, 1.82) is 0 Å². The molecule has 0 radical (unpaired) electrons. The summed E-state index contributed by atoms with van der Waals surface area (Å²) in [4.78, 5) is 18.0. The lowest BCUT2D eigenvalue weighted by molar-refractivity contribution is -0.135. The predicted molar refractivity (Wildman–Crippen MR) is 94.7 cm³/mol. The minimum absolute atomic E-state index is 0.189. The Morgan fingerprint density at radius 3 is 2.83 bits per heavy atom. The van der Waals surface area contributed by atoms with Gasteiger partial charge in [-0.05, 0) is 24.0 Å². The zero-order valence-electron chi connectivity index (χ0n) is 14.1. The van der Waals surface area contributed by atoms with E-state index in [1.54, 1.807) is 0 Å². The summed E-state index contributed by atoms with van der Waals surface area (Å²) in [6.45, 7) is 1.42. The molecule has 1 amide bonds. The van der Waals surface area contributed by atoms with Crippen LogP contribution in [0.4, 0.5) is 0 Å². The van der Waals surface area contributed by atoms with E-state index in [4.69, 9.17) is 0 Å². The summed E-state index contributed by atoms with van der Waals surface area (Å²) >= 11 is 0. The molecule has 1 aliphatic carbocycles. The number of aromatic nitrogens is 1. The SMILES string of the molecule is O=C(Cc1c[nH]c2ccccc12)N1CC[C@@H](O)[C@H](C2CCCC2)C1. The van der Waals surface area contributed by atoms with Gasteiger partial charge in [0.2, 0.25) is 5.91 Å². The first-order chi connectivity index (χ1) is 11.7. The van der Waals surface area contributed by atoms with Gasteiger partial charge in [-0.25, -0.2) is 0 Å². The van der Waals surface area contributed by atoms with Gasteiger partial charge in [0.25, 0.3) is 0 Å². The first-order valence-corrected chi connectivity index (χ1v) is 9.23. The van der Waals surface area contributed by atoms with Crippen LogP contribution in [0.2, 0.25) is 0 Å². The second-order valence-corrected chi connectivity index (χ2v) is 7.44. The second kappa shape index (κ2) is 6.60. The number of aliphatic hydroxyl groups excluding tert-OH is 1. The zero-order valence-corrected chi connectivity index (χ0v) is 14.1. The van der Waals surface area contributed by atoms with Crippen LogP contribution in [0.25, 0.3) is 10.9 Å². The molecule has 1 saturated carbocycles. The molecule has 2 heterocycles. The molecule has 4 rings (SSSR count). The molecule has 1 aliphatic heterocycles. The molecule has 2 aliphatic rings. The highest BCUT2D eigenvalue weighted by molar-refractivity contribution is 5.88. The van der Waals surface area contributed by atoms with Crippen molar-refractivity contribution in [2.75, 3.05) is 13.1 Å². The summed E-state index contributed by atoms with van der Waals surface area (Å²) in [6.07, 6.45) is 7.87. The number of amides is 1. The van der Waals surface area contributed by atoms with E-state index in [2.05, 4.69) is 11.1 Å². The molecule has 2 aromatic rings. The van der Waals surface area contributed by atoms with Gasteiger partial charge in [0.05, 0.1) is 12.5 Å². The Labute approximate surface area is 142 Å². The fourth-order valence-corrected chi connectivity index (χ4v) is 4.60. The molecule has 2 atom stereocenters. The van der Waals surface area contributed by atoms with Gasteiger partial charge in [-0.2, -0.15) is 0 Å². The summed E-state index contributed by atoms with van der Waals surface area (Å²) in [5, 5.41) is 11.5. The van der Waals surface area contributed by atoms with Crippen LogP contribution in [0.1, 0.15) is 37.7 Å². The van der Waals surface area contributed by atoms with Gasteiger partial charge in [0, 0.05) is 36.1 Å². The highest BCUT2D eigenvalue weighted by Gasteiger charge is 2.36. The molecule has 0 bridgehead atoms. The van der Waals surface area contributed by atoms with Crippen molar-refractivity contribution in [3.05, 3.63) is 36.0 Å². The van der Waals surface area contributed by atoms with Crippen molar-refractivity contribution in [2.24, 2.45) is 11.8 Å². The van der Waals surface area contributed by atoms with Crippen molar-refractivity contribution < 1.29 is 9.90 Å². The smallest absolute Gasteiger partial charge is 0.227 e. The fourth-order valence-electron chi connectivity index (χ4n) is 4.60. The first kappa shape index (κ1) is 15.7. The van der Waals surface area contributed by atoms with Gasteiger partial charge in [-0.1, -0.05) is 43.9 Å². The van der Waals surface area contributed by atoms with E-state index in [0.29, 0.717) is 18.9 Å². The van der Waals surface area contributed by atoms with E-state index >= 15 is 0 Å². The molecule has 1 aromatic carbocycles. The summed E-state index contributed by atoms with van der Waals surface area (Å²) < 4.78 is 0. The molecule has 2 fully saturated rings. The van der Waals surface area contributed by atoms with Crippen LogP contribution in [0, 0.1) is 11.8 Å². The molecule has 4 heteroatoms. The Kier molecular flexibility index (Phi) is 4.31. The molecule has 2 N–H and O–H groups in total. The number of hydrogen-bond donors (Lipinski definition) is 2. The van der Waals surface area contributed by atoms with Gasteiger partial charge in [0.15, 0.2) is 0 Å². The third-order valence-electron chi connectivity index (χ3n) is 5.99. The number of aromatic amines is 1. The Morgan fingerprint density at radius 2 is 2.00 bits per heavy atom. The third-order valence-corrected chi connectivity index (χ3v) is 5.99. The fraction of sp³-hybridized carbons (Fsp3) is 0.550. The summed E-state index contributed by atoms with van der Waals surface area (Å²) in [6, 6.07) is 8.12. The number of hydrogen-bond acceptors (Lipinski definition) is 2. The second-order valence-electron chi connectivity index (χ2n) is 7.44. The lowest BCUT2D eigenvalue weighted by Gasteiger charge is -2.39. The molecule has 4 nitrogen and oxygen atoms in total. The van der Waals surface area contributed by atoms with Crippen LogP contribution in [-0.4, -0.2) is 40.1 Å². The van der Waals surface area contributed by atoms with Crippen molar-refractivity contribution in [2.45, 2.75) is 44.6 Å². The van der Waals surface area contributed by atoms with Gasteiger partial charge in [-0.15, -0.1) is 0 Å². The Morgan fingerprint density at radius 1 is 1.21 bits per heavy atom. The van der Waals surface area contributed by atoms with Gasteiger partial charge < -0.3 is 15.0 Å². The molecule has 128 valence electrons. The standard InChI is InChI=1S/C20H26N2O2/c23-19-9-10-22(13-17(19)14-5-1-2-6-14)20(24)11-15-12-21-18-8-4-3-7-16(15)18/h3-4,7-8,12,14,17,19,21,23H,1-2,5-6,9-11,13H2/t17-,19+/m0/s1. The predicted octanol–water partition coefficient (Wildman–Crippen LogP) is 3.11. The van der Waals surface area contributed by atoms with E-state index in [1.165, 1.54) is 25.7 Å². The van der Waals surface area contributed by atoms with Crippen molar-refractivity contribution >= 4 is 16.8 Å². The number of piperidine rings is 1. The van der Waals surface area contributed by atoms with Crippen LogP contribution in [0.15, 0.2) is 30.5 Å². The molecular formula is C20H26N2O2. The maximum Gasteiger partial charge on any atom is 0.227 e. The monoisotopic (exact) mass is 326 g/mol. The van der Waals surface area contributed by atoms with Crippen LogP contribution < -0.4 is 0 Å². The van der Waals surface area contributed by atoms with Crippen LogP contribution in [-0.2, 0) is 11.2 Å². The third kappa shape index (κ3) is 2.95. The Balaban J connectivity index is 1.46. The number of H-pyrrole nitrogens is 1. The van der Waals surface area contributed by atoms with Gasteiger partial charge in [0.1, 0.15) is 0 Å². The van der Waals surface area contributed by atoms with Crippen molar-refractivity contribution in [1.82, 2.24) is 9.88 Å². The van der Waals surface area contributed by atoms with Crippen LogP contribution in [0.3, 0.4) is 0 Å². The van der Waals surface area contributed by atoms with Gasteiger partial charge in [-0.3, -0.25) is 4.79 Å². The van der Waals surface area contributed by atoms with Crippen LogP contribution >= 0.6 is 0 Å². The van der Waals surface area contributed by atoms with E-state index in [0.717, 1.165) is 29.4 Å². The number of carbonyl (C=O) groups excluding carboxylic acids is 1. The van der Waals surface area contributed by atoms with E-state index in [9.17, 15) is 9.90 Å². The number of carbonyl (C=O) groups is 1. The number of nitrogens with zero attached hydrogens (tertiary/aromatic N) is 1. The minimum atomic E-state index is -0.231. The highest BCUT2D eigenvalue weighted by Crippen LogP contribution is 2.36. The molecular weight excluding hydrogens is 300 g/mol. The number of likely N-dealkylation sites (tertiary alicyclic amines) is 1. The molecule has 24 heavy (non-hydrogen) atoms. The average Bonchev–Trinajstić information content (AvgIpc) is 3.26. The number of rotatable bonds is 3. The number of benzene rings is 1. The van der Waals surface area contributed by atoms with Crippen molar-refractivity contribution in [3.63, 3.8) is 0 Å². The topological polar surface area (TPSA) is 56.3 Å². The Hall–Kier alpha value is -1.81. The summed E-state index contributed by atoms with van der Waals surface area (Å²) in [7, 11) is 0. The summed E-state index contributed by atoms with van der Waals surface area (Å²) in [5.74, 6) is 1.06. The first-order valence-electron chi connectivity index (χ1n) is 9.23. The van der Waals surface area contributed by atoms with Crippen molar-refractivity contribution in [3.8, 4) is 0 Å². The maximum atomic E-state index is 12.8. The quantitative estimate of drug-likeness (QED) is 0.910. The molecule has 1 saturated heterocycles. The number of para-hydroxylation sites is 1. The van der Waals surface area contributed by atoms with E-state index in [1.807, 2.05) is 29.3 Å². The van der Waals surface area contributed by atoms with E-state index in [-0.39, 0.29) is 17.9 Å². The number of aliphatic hydroxyl groups is 1. The molecule has 0 unspecified atom stereocenters. The highest BCUT2D eigenvalue weighted by atomic mass is 16.3. The van der Waals surface area contributed by atoms with E-state index < -0.39 is 0 Å². The average molecular weight is 326 g/mol. The summed E-state index contributed by atoms with van der Waals surface area (Å²) in [5.41, 5.74) is 2.15. The zero-order chi connectivity index (χ0) is 16.5. The normalized spacial score (nSPS) is 25.5. The van der Waals surface area contributed by atoms with Crippen LogP contribution in [0.5, 0.6) is 0 Å². The minimum Gasteiger partial charge on any atom is -0.393 e. The largest absolute Gasteiger partial charge is 0.393 e. The maximum absolute atomic E-state index is 12.8. The Bertz CT molecular complexity index is 717. The number of nitrogens with one attached hydrogen (secondary N) is 1.